The number of hydrogen-bond donors (Lipinski definition) is 2. The topological polar surface area (TPSA) is 67.4 Å². The van der Waals surface area contributed by atoms with E-state index in [-0.39, 0.29) is 11.8 Å². The molecule has 136 valence electrons. The third kappa shape index (κ3) is 5.21. The summed E-state index contributed by atoms with van der Waals surface area (Å²) in [6, 6.07) is 13.9. The molecule has 5 nitrogen and oxygen atoms in total. The van der Waals surface area contributed by atoms with E-state index < -0.39 is 0 Å². The monoisotopic (exact) mass is 352 g/mol. The standard InChI is InChI=1S/C21H24N2O3/c1-4-13-22-20(24)16-9-5-7-11-18(16)23-21(25)17-10-6-8-12-19(17)26-14-15(2)3/h4-12,15H,1,13-14H2,2-3H3,(H,22,24)(H,23,25). The molecule has 0 saturated heterocycles. The fourth-order valence-electron chi connectivity index (χ4n) is 2.28. The highest BCUT2D eigenvalue weighted by molar-refractivity contribution is 6.10. The first kappa shape index (κ1) is 19.2. The molecule has 2 amide bonds. The van der Waals surface area contributed by atoms with E-state index in [0.29, 0.717) is 41.6 Å². The second-order valence-electron chi connectivity index (χ2n) is 6.20. The van der Waals surface area contributed by atoms with E-state index in [9.17, 15) is 9.59 Å². The Labute approximate surface area is 154 Å². The van der Waals surface area contributed by atoms with Crippen LogP contribution in [-0.4, -0.2) is 25.0 Å². The van der Waals surface area contributed by atoms with E-state index >= 15 is 0 Å². The number of para-hydroxylation sites is 2. The molecule has 0 unspecified atom stereocenters. The van der Waals surface area contributed by atoms with Crippen molar-refractivity contribution < 1.29 is 14.3 Å². The van der Waals surface area contributed by atoms with Gasteiger partial charge in [0, 0.05) is 6.54 Å². The maximum absolute atomic E-state index is 12.7. The molecular formula is C21H24N2O3. The molecule has 2 rings (SSSR count). The maximum atomic E-state index is 12.7. The van der Waals surface area contributed by atoms with Gasteiger partial charge in [0.05, 0.1) is 23.4 Å². The predicted molar refractivity (Wildman–Crippen MR) is 104 cm³/mol. The lowest BCUT2D eigenvalue weighted by Crippen LogP contribution is -2.25. The number of nitrogens with one attached hydrogen (secondary N) is 2. The first-order valence-corrected chi connectivity index (χ1v) is 8.54. The Balaban J connectivity index is 2.21. The van der Waals surface area contributed by atoms with Gasteiger partial charge >= 0.3 is 0 Å². The Morgan fingerprint density at radius 2 is 1.69 bits per heavy atom. The predicted octanol–water partition coefficient (Wildman–Crippen LogP) is 3.89. The minimum atomic E-state index is -0.326. The molecule has 2 aromatic rings. The van der Waals surface area contributed by atoms with Crippen LogP contribution in [0.5, 0.6) is 5.75 Å². The van der Waals surface area contributed by atoms with Crippen molar-refractivity contribution in [3.8, 4) is 5.75 Å². The number of anilines is 1. The van der Waals surface area contributed by atoms with Gasteiger partial charge in [0.2, 0.25) is 0 Å². The zero-order chi connectivity index (χ0) is 18.9. The summed E-state index contributed by atoms with van der Waals surface area (Å²) in [5.41, 5.74) is 1.26. The molecule has 0 heterocycles. The van der Waals surface area contributed by atoms with Crippen molar-refractivity contribution in [1.29, 1.82) is 0 Å². The second kappa shape index (κ2) is 9.42. The quantitative estimate of drug-likeness (QED) is 0.708. The molecule has 0 aromatic heterocycles. The van der Waals surface area contributed by atoms with Crippen LogP contribution in [-0.2, 0) is 0 Å². The Morgan fingerprint density at radius 1 is 1.04 bits per heavy atom. The van der Waals surface area contributed by atoms with Crippen molar-refractivity contribution >= 4 is 17.5 Å². The van der Waals surface area contributed by atoms with E-state index in [0.717, 1.165) is 0 Å². The van der Waals surface area contributed by atoms with Gasteiger partial charge in [0.15, 0.2) is 0 Å². The molecule has 0 radical (unpaired) electrons. The molecule has 0 fully saturated rings. The number of ether oxygens (including phenoxy) is 1. The lowest BCUT2D eigenvalue weighted by Gasteiger charge is -2.14. The summed E-state index contributed by atoms with van der Waals surface area (Å²) in [6.45, 7) is 8.54. The highest BCUT2D eigenvalue weighted by Crippen LogP contribution is 2.22. The number of rotatable bonds is 8. The average Bonchev–Trinajstić information content (AvgIpc) is 2.65. The summed E-state index contributed by atoms with van der Waals surface area (Å²) in [6.07, 6.45) is 1.60. The van der Waals surface area contributed by atoms with Gasteiger partial charge in [-0.2, -0.15) is 0 Å². The van der Waals surface area contributed by atoms with Crippen LogP contribution in [0.4, 0.5) is 5.69 Å². The molecule has 0 aliphatic carbocycles. The lowest BCUT2D eigenvalue weighted by molar-refractivity contribution is 0.0959. The molecular weight excluding hydrogens is 328 g/mol. The Morgan fingerprint density at radius 3 is 2.38 bits per heavy atom. The molecule has 5 heteroatoms. The van der Waals surface area contributed by atoms with Crippen LogP contribution in [0, 0.1) is 5.92 Å². The molecule has 0 aliphatic rings. The molecule has 0 bridgehead atoms. The van der Waals surface area contributed by atoms with Gasteiger partial charge in [0.25, 0.3) is 11.8 Å². The van der Waals surface area contributed by atoms with Gasteiger partial charge in [-0.25, -0.2) is 0 Å². The van der Waals surface area contributed by atoms with Gasteiger partial charge in [-0.15, -0.1) is 6.58 Å². The fraction of sp³-hybridized carbons (Fsp3) is 0.238. The highest BCUT2D eigenvalue weighted by atomic mass is 16.5. The van der Waals surface area contributed by atoms with E-state index in [4.69, 9.17) is 4.74 Å². The van der Waals surface area contributed by atoms with Crippen LogP contribution in [0.1, 0.15) is 34.6 Å². The van der Waals surface area contributed by atoms with Gasteiger partial charge in [0.1, 0.15) is 5.75 Å². The largest absolute Gasteiger partial charge is 0.492 e. The van der Waals surface area contributed by atoms with Gasteiger partial charge in [-0.05, 0) is 30.2 Å². The minimum absolute atomic E-state index is 0.273. The third-order valence-electron chi connectivity index (χ3n) is 3.53. The number of hydrogen-bond acceptors (Lipinski definition) is 3. The maximum Gasteiger partial charge on any atom is 0.259 e. The first-order valence-electron chi connectivity index (χ1n) is 8.54. The van der Waals surface area contributed by atoms with Crippen molar-refractivity contribution in [3.05, 3.63) is 72.3 Å². The zero-order valence-electron chi connectivity index (χ0n) is 15.1. The van der Waals surface area contributed by atoms with Crippen LogP contribution < -0.4 is 15.4 Å². The zero-order valence-corrected chi connectivity index (χ0v) is 15.1. The Bertz CT molecular complexity index is 784. The van der Waals surface area contributed by atoms with Crippen LogP contribution in [0.2, 0.25) is 0 Å². The Kier molecular flexibility index (Phi) is 6.97. The summed E-state index contributed by atoms with van der Waals surface area (Å²) >= 11 is 0. The Hall–Kier alpha value is -3.08. The molecule has 26 heavy (non-hydrogen) atoms. The summed E-state index contributed by atoms with van der Waals surface area (Å²) in [5.74, 6) is 0.270. The van der Waals surface area contributed by atoms with Gasteiger partial charge in [-0.3, -0.25) is 9.59 Å². The summed E-state index contributed by atoms with van der Waals surface area (Å²) in [4.78, 5) is 25.0. The molecule has 2 N–H and O–H groups in total. The minimum Gasteiger partial charge on any atom is -0.492 e. The van der Waals surface area contributed by atoms with Crippen LogP contribution in [0.15, 0.2) is 61.2 Å². The van der Waals surface area contributed by atoms with Crippen molar-refractivity contribution in [1.82, 2.24) is 5.32 Å². The second-order valence-corrected chi connectivity index (χ2v) is 6.20. The third-order valence-corrected chi connectivity index (χ3v) is 3.53. The van der Waals surface area contributed by atoms with Crippen molar-refractivity contribution in [2.75, 3.05) is 18.5 Å². The van der Waals surface area contributed by atoms with E-state index in [1.54, 1.807) is 48.5 Å². The first-order chi connectivity index (χ1) is 12.5. The van der Waals surface area contributed by atoms with Crippen LogP contribution in [0.3, 0.4) is 0 Å². The van der Waals surface area contributed by atoms with E-state index in [2.05, 4.69) is 17.2 Å². The number of carbonyl (C=O) groups excluding carboxylic acids is 2. The number of amides is 2. The van der Waals surface area contributed by atoms with E-state index in [1.807, 2.05) is 19.9 Å². The molecule has 2 aromatic carbocycles. The van der Waals surface area contributed by atoms with Crippen molar-refractivity contribution in [3.63, 3.8) is 0 Å². The SMILES string of the molecule is C=CCNC(=O)c1ccccc1NC(=O)c1ccccc1OCC(C)C. The van der Waals surface area contributed by atoms with Gasteiger partial charge < -0.3 is 15.4 Å². The molecule has 0 saturated carbocycles. The summed E-state index contributed by atoms with van der Waals surface area (Å²) < 4.78 is 5.74. The normalized spacial score (nSPS) is 10.3. The highest BCUT2D eigenvalue weighted by Gasteiger charge is 2.16. The lowest BCUT2D eigenvalue weighted by atomic mass is 10.1. The number of benzene rings is 2. The van der Waals surface area contributed by atoms with E-state index in [1.165, 1.54) is 0 Å². The average molecular weight is 352 g/mol. The molecule has 0 aliphatic heterocycles. The smallest absolute Gasteiger partial charge is 0.259 e. The molecule has 0 atom stereocenters. The summed E-state index contributed by atoms with van der Waals surface area (Å²) in [7, 11) is 0. The van der Waals surface area contributed by atoms with Crippen molar-refractivity contribution in [2.45, 2.75) is 13.8 Å². The van der Waals surface area contributed by atoms with Crippen LogP contribution >= 0.6 is 0 Å². The van der Waals surface area contributed by atoms with Crippen LogP contribution in [0.25, 0.3) is 0 Å². The number of carbonyl (C=O) groups is 2. The summed E-state index contributed by atoms with van der Waals surface area (Å²) in [5, 5.41) is 5.52. The fourth-order valence-corrected chi connectivity index (χ4v) is 2.28. The molecule has 0 spiro atoms. The van der Waals surface area contributed by atoms with Crippen molar-refractivity contribution in [2.24, 2.45) is 5.92 Å². The van der Waals surface area contributed by atoms with Gasteiger partial charge in [-0.1, -0.05) is 44.2 Å².